The molecule has 0 amide bonds. The molecule has 20 heavy (non-hydrogen) atoms. The molecule has 0 saturated carbocycles. The second-order valence-corrected chi connectivity index (χ2v) is 6.73. The Balaban J connectivity index is 2.01. The van der Waals surface area contributed by atoms with Gasteiger partial charge in [-0.3, -0.25) is 0 Å². The van der Waals surface area contributed by atoms with Gasteiger partial charge in [0.2, 0.25) is 10.0 Å². The minimum atomic E-state index is -3.49. The molecule has 108 valence electrons. The molecular weight excluding hydrogens is 303 g/mol. The molecule has 0 aliphatic carbocycles. The Bertz CT molecular complexity index is 713. The van der Waals surface area contributed by atoms with E-state index in [2.05, 4.69) is 4.72 Å². The highest BCUT2D eigenvalue weighted by Crippen LogP contribution is 2.17. The molecule has 0 spiro atoms. The van der Waals surface area contributed by atoms with Gasteiger partial charge < -0.3 is 4.57 Å². The molecule has 0 atom stereocenters. The van der Waals surface area contributed by atoms with Gasteiger partial charge in [-0.05, 0) is 29.3 Å². The van der Waals surface area contributed by atoms with Crippen LogP contribution in [0.15, 0.2) is 36.7 Å². The van der Waals surface area contributed by atoms with Crippen LogP contribution in [0.1, 0.15) is 11.1 Å². The Morgan fingerprint density at radius 3 is 2.65 bits per heavy atom. The third-order valence-corrected chi connectivity index (χ3v) is 4.32. The van der Waals surface area contributed by atoms with Crippen LogP contribution in [0.4, 0.5) is 4.39 Å². The van der Waals surface area contributed by atoms with Crippen LogP contribution >= 0.6 is 11.6 Å². The van der Waals surface area contributed by atoms with Crippen molar-refractivity contribution in [2.24, 2.45) is 7.05 Å². The molecule has 0 fully saturated rings. The number of rotatable bonds is 5. The van der Waals surface area contributed by atoms with Gasteiger partial charge >= 0.3 is 0 Å². The minimum absolute atomic E-state index is 0.0826. The van der Waals surface area contributed by atoms with Crippen LogP contribution in [0.3, 0.4) is 0 Å². The zero-order chi connectivity index (χ0) is 14.8. The van der Waals surface area contributed by atoms with E-state index in [0.29, 0.717) is 5.56 Å². The molecule has 0 saturated heterocycles. The van der Waals surface area contributed by atoms with Crippen LogP contribution in [0.25, 0.3) is 0 Å². The van der Waals surface area contributed by atoms with Crippen LogP contribution in [0, 0.1) is 5.82 Å². The third kappa shape index (κ3) is 4.06. The zero-order valence-electron chi connectivity index (χ0n) is 10.8. The van der Waals surface area contributed by atoms with Crippen molar-refractivity contribution in [3.63, 3.8) is 0 Å². The summed E-state index contributed by atoms with van der Waals surface area (Å²) >= 11 is 5.63. The van der Waals surface area contributed by atoms with Crippen LogP contribution in [-0.4, -0.2) is 13.0 Å². The molecular formula is C13H14ClFN2O2S. The van der Waals surface area contributed by atoms with Crippen LogP contribution in [-0.2, 0) is 29.4 Å². The molecule has 1 N–H and O–H groups in total. The number of aromatic nitrogens is 1. The van der Waals surface area contributed by atoms with Gasteiger partial charge in [-0.1, -0.05) is 17.7 Å². The second kappa shape index (κ2) is 5.95. The highest BCUT2D eigenvalue weighted by atomic mass is 35.5. The van der Waals surface area contributed by atoms with Crippen LogP contribution < -0.4 is 4.72 Å². The number of hydrogen-bond acceptors (Lipinski definition) is 2. The van der Waals surface area contributed by atoms with Crippen LogP contribution in [0.2, 0.25) is 5.02 Å². The van der Waals surface area contributed by atoms with Crippen molar-refractivity contribution in [3.8, 4) is 0 Å². The topological polar surface area (TPSA) is 51.1 Å². The molecule has 0 aliphatic rings. The van der Waals surface area contributed by atoms with Crippen molar-refractivity contribution < 1.29 is 12.8 Å². The Hall–Kier alpha value is -1.37. The molecule has 0 unspecified atom stereocenters. The maximum atomic E-state index is 13.0. The Kier molecular flexibility index (Phi) is 4.47. The lowest BCUT2D eigenvalue weighted by molar-refractivity contribution is 0.580. The van der Waals surface area contributed by atoms with E-state index in [9.17, 15) is 12.8 Å². The number of sulfonamides is 1. The molecule has 0 radical (unpaired) electrons. The maximum Gasteiger partial charge on any atom is 0.216 e. The lowest BCUT2D eigenvalue weighted by atomic mass is 10.2. The first kappa shape index (κ1) is 15.0. The number of nitrogens with one attached hydrogen (secondary N) is 1. The standard InChI is InChI=1S/C13H14ClFN2O2S/c1-17-5-4-11(8-17)7-16-20(18,19)9-10-2-3-13(15)12(14)6-10/h2-6,8,16H,7,9H2,1H3. The molecule has 2 rings (SSSR count). The summed E-state index contributed by atoms with van der Waals surface area (Å²) in [5.74, 6) is -0.801. The van der Waals surface area contributed by atoms with Crippen LogP contribution in [0.5, 0.6) is 0 Å². The van der Waals surface area contributed by atoms with Crippen molar-refractivity contribution in [1.82, 2.24) is 9.29 Å². The second-order valence-electron chi connectivity index (χ2n) is 4.51. The Labute approximate surface area is 122 Å². The van der Waals surface area contributed by atoms with Crippen molar-refractivity contribution in [3.05, 3.63) is 58.6 Å². The summed E-state index contributed by atoms with van der Waals surface area (Å²) < 4.78 is 41.2. The highest BCUT2D eigenvalue weighted by Gasteiger charge is 2.13. The maximum absolute atomic E-state index is 13.0. The van der Waals surface area contributed by atoms with E-state index < -0.39 is 15.8 Å². The van der Waals surface area contributed by atoms with E-state index >= 15 is 0 Å². The summed E-state index contributed by atoms with van der Waals surface area (Å²) in [7, 11) is -1.63. The molecule has 1 heterocycles. The molecule has 0 bridgehead atoms. The van der Waals surface area contributed by atoms with E-state index in [1.165, 1.54) is 12.1 Å². The van der Waals surface area contributed by atoms with Crippen molar-refractivity contribution in [2.75, 3.05) is 0 Å². The SMILES string of the molecule is Cn1ccc(CNS(=O)(=O)Cc2ccc(F)c(Cl)c2)c1. The molecule has 1 aromatic carbocycles. The molecule has 7 heteroatoms. The highest BCUT2D eigenvalue weighted by molar-refractivity contribution is 7.88. The van der Waals surface area contributed by atoms with Crippen molar-refractivity contribution in [1.29, 1.82) is 0 Å². The summed E-state index contributed by atoms with van der Waals surface area (Å²) in [6.07, 6.45) is 3.67. The lowest BCUT2D eigenvalue weighted by Gasteiger charge is -2.06. The smallest absolute Gasteiger partial charge is 0.216 e. The van der Waals surface area contributed by atoms with Crippen molar-refractivity contribution >= 4 is 21.6 Å². The van der Waals surface area contributed by atoms with Gasteiger partial charge in [-0.2, -0.15) is 0 Å². The third-order valence-electron chi connectivity index (χ3n) is 2.73. The zero-order valence-corrected chi connectivity index (χ0v) is 12.4. The number of aryl methyl sites for hydroxylation is 1. The first-order valence-electron chi connectivity index (χ1n) is 5.88. The summed E-state index contributed by atoms with van der Waals surface area (Å²) in [5.41, 5.74) is 1.31. The summed E-state index contributed by atoms with van der Waals surface area (Å²) in [4.78, 5) is 0. The van der Waals surface area contributed by atoms with Gasteiger partial charge in [-0.25, -0.2) is 17.5 Å². The molecule has 4 nitrogen and oxygen atoms in total. The molecule has 0 aliphatic heterocycles. The fourth-order valence-electron chi connectivity index (χ4n) is 1.76. The number of nitrogens with zero attached hydrogens (tertiary/aromatic N) is 1. The fourth-order valence-corrected chi connectivity index (χ4v) is 3.07. The monoisotopic (exact) mass is 316 g/mol. The predicted molar refractivity (Wildman–Crippen MR) is 76.3 cm³/mol. The number of benzene rings is 1. The van der Waals surface area contributed by atoms with E-state index in [4.69, 9.17) is 11.6 Å². The Morgan fingerprint density at radius 2 is 2.05 bits per heavy atom. The average Bonchev–Trinajstić information content (AvgIpc) is 2.77. The average molecular weight is 317 g/mol. The number of halogens is 2. The number of hydrogen-bond donors (Lipinski definition) is 1. The van der Waals surface area contributed by atoms with Gasteiger partial charge in [-0.15, -0.1) is 0 Å². The van der Waals surface area contributed by atoms with E-state index in [0.717, 1.165) is 11.6 Å². The summed E-state index contributed by atoms with van der Waals surface area (Å²) in [6.45, 7) is 0.220. The summed E-state index contributed by atoms with van der Waals surface area (Å²) in [6, 6.07) is 5.71. The van der Waals surface area contributed by atoms with E-state index in [-0.39, 0.29) is 17.3 Å². The van der Waals surface area contributed by atoms with Gasteiger partial charge in [0.1, 0.15) is 5.82 Å². The summed E-state index contributed by atoms with van der Waals surface area (Å²) in [5, 5.41) is -0.0826. The fraction of sp³-hybridized carbons (Fsp3) is 0.231. The Morgan fingerprint density at radius 1 is 1.30 bits per heavy atom. The van der Waals surface area contributed by atoms with Gasteiger partial charge in [0.25, 0.3) is 0 Å². The normalized spacial score (nSPS) is 11.8. The van der Waals surface area contributed by atoms with E-state index in [1.54, 1.807) is 0 Å². The first-order chi connectivity index (χ1) is 9.35. The van der Waals surface area contributed by atoms with Gasteiger partial charge in [0, 0.05) is 26.0 Å². The first-order valence-corrected chi connectivity index (χ1v) is 7.91. The minimum Gasteiger partial charge on any atom is -0.357 e. The largest absolute Gasteiger partial charge is 0.357 e. The van der Waals surface area contributed by atoms with Gasteiger partial charge in [0.15, 0.2) is 0 Å². The van der Waals surface area contributed by atoms with Gasteiger partial charge in [0.05, 0.1) is 10.8 Å². The molecule has 1 aromatic heterocycles. The predicted octanol–water partition coefficient (Wildman–Crippen LogP) is 2.44. The van der Waals surface area contributed by atoms with Crippen molar-refractivity contribution in [2.45, 2.75) is 12.3 Å². The lowest BCUT2D eigenvalue weighted by Crippen LogP contribution is -2.24. The molecule has 2 aromatic rings. The van der Waals surface area contributed by atoms with E-state index in [1.807, 2.05) is 30.1 Å². The quantitative estimate of drug-likeness (QED) is 0.921.